The van der Waals surface area contributed by atoms with Gasteiger partial charge in [-0.05, 0) is 69.0 Å². The van der Waals surface area contributed by atoms with Crippen molar-refractivity contribution in [3.05, 3.63) is 71.1 Å². The number of carboxylic acids is 1. The van der Waals surface area contributed by atoms with E-state index in [1.165, 1.54) is 5.56 Å². The van der Waals surface area contributed by atoms with Crippen molar-refractivity contribution in [1.29, 1.82) is 0 Å². The first-order valence-corrected chi connectivity index (χ1v) is 11.1. The molecule has 0 fully saturated rings. The normalized spacial score (nSPS) is 12.4. The molecule has 1 N–H and O–H groups in total. The van der Waals surface area contributed by atoms with Crippen molar-refractivity contribution >= 4 is 11.7 Å². The van der Waals surface area contributed by atoms with Gasteiger partial charge in [0, 0.05) is 5.56 Å². The van der Waals surface area contributed by atoms with Crippen LogP contribution in [0.4, 0.5) is 0 Å². The molecule has 1 aromatic heterocycles. The number of oxazole rings is 1. The second-order valence-corrected chi connectivity index (χ2v) is 7.75. The molecule has 0 radical (unpaired) electrons. The van der Waals surface area contributed by atoms with E-state index >= 15 is 0 Å². The molecule has 174 valence electrons. The van der Waals surface area contributed by atoms with E-state index in [0.29, 0.717) is 30.4 Å². The summed E-state index contributed by atoms with van der Waals surface area (Å²) in [6.45, 7) is 8.13. The number of rotatable bonds is 11. The summed E-state index contributed by atoms with van der Waals surface area (Å²) in [6.07, 6.45) is 1.31. The number of nitrogens with zero attached hydrogens (tertiary/aromatic N) is 2. The topological polar surface area (TPSA) is 94.2 Å². The van der Waals surface area contributed by atoms with Crippen molar-refractivity contribution in [2.45, 2.75) is 47.1 Å². The van der Waals surface area contributed by atoms with Crippen LogP contribution in [0, 0.1) is 12.8 Å². The lowest BCUT2D eigenvalue weighted by atomic mass is 9.95. The Morgan fingerprint density at radius 3 is 2.36 bits per heavy atom. The maximum Gasteiger partial charge on any atom is 0.312 e. The molecule has 0 aliphatic rings. The van der Waals surface area contributed by atoms with Crippen LogP contribution in [0.25, 0.3) is 11.5 Å². The molecular formula is C26H30N2O5. The molecule has 7 nitrogen and oxygen atoms in total. The van der Waals surface area contributed by atoms with Crippen LogP contribution >= 0.6 is 0 Å². The lowest BCUT2D eigenvalue weighted by molar-refractivity contribution is -0.139. The number of oxime groups is 1. The van der Waals surface area contributed by atoms with E-state index in [0.717, 1.165) is 29.0 Å². The number of carboxylic acid groups (broad SMARTS) is 1. The zero-order chi connectivity index (χ0) is 23.8. The summed E-state index contributed by atoms with van der Waals surface area (Å²) in [5, 5.41) is 13.4. The van der Waals surface area contributed by atoms with Gasteiger partial charge in [-0.1, -0.05) is 36.3 Å². The standard InChI is InChI=1S/C26H30N2O5/c1-5-19-7-11-21(12-8-19)25-27-24(18(4)33-25)16-31-22-13-9-20(10-14-22)15-23(26(29)30)17(3)28-32-6-2/h7-14,23H,5-6,15-16H2,1-4H3,(H,29,30)/b28-17+. The number of aryl methyl sites for hydroxylation is 2. The highest BCUT2D eigenvalue weighted by Gasteiger charge is 2.22. The van der Waals surface area contributed by atoms with Crippen LogP contribution in [0.1, 0.15) is 43.4 Å². The number of hydrogen-bond acceptors (Lipinski definition) is 6. The molecule has 0 bridgehead atoms. The van der Waals surface area contributed by atoms with Crippen LogP contribution in [-0.4, -0.2) is 28.4 Å². The molecule has 0 aliphatic heterocycles. The second-order valence-electron chi connectivity index (χ2n) is 7.75. The molecule has 2 aromatic carbocycles. The number of ether oxygens (including phenoxy) is 1. The highest BCUT2D eigenvalue weighted by atomic mass is 16.6. The van der Waals surface area contributed by atoms with Crippen molar-refractivity contribution in [3.8, 4) is 17.2 Å². The van der Waals surface area contributed by atoms with Crippen molar-refractivity contribution in [1.82, 2.24) is 4.98 Å². The summed E-state index contributed by atoms with van der Waals surface area (Å²) in [6, 6.07) is 15.5. The molecule has 1 unspecified atom stereocenters. The number of carbonyl (C=O) groups is 1. The predicted molar refractivity (Wildman–Crippen MR) is 126 cm³/mol. The van der Waals surface area contributed by atoms with Crippen LogP contribution in [0.5, 0.6) is 5.75 Å². The Morgan fingerprint density at radius 2 is 1.76 bits per heavy atom. The third kappa shape index (κ3) is 6.44. The van der Waals surface area contributed by atoms with Gasteiger partial charge in [-0.3, -0.25) is 4.79 Å². The van der Waals surface area contributed by atoms with E-state index in [2.05, 4.69) is 29.2 Å². The Morgan fingerprint density at radius 1 is 1.09 bits per heavy atom. The molecule has 0 saturated heterocycles. The Bertz CT molecular complexity index is 1080. The zero-order valence-corrected chi connectivity index (χ0v) is 19.5. The zero-order valence-electron chi connectivity index (χ0n) is 19.5. The highest BCUT2D eigenvalue weighted by molar-refractivity contribution is 6.00. The smallest absolute Gasteiger partial charge is 0.312 e. The molecule has 1 heterocycles. The molecule has 0 aliphatic carbocycles. The highest BCUT2D eigenvalue weighted by Crippen LogP contribution is 2.24. The first-order valence-electron chi connectivity index (χ1n) is 11.1. The van der Waals surface area contributed by atoms with Crippen LogP contribution in [-0.2, 0) is 29.1 Å². The third-order valence-electron chi connectivity index (χ3n) is 5.38. The molecule has 1 atom stereocenters. The Labute approximate surface area is 194 Å². The summed E-state index contributed by atoms with van der Waals surface area (Å²) < 4.78 is 11.7. The monoisotopic (exact) mass is 450 g/mol. The first-order chi connectivity index (χ1) is 15.9. The Balaban J connectivity index is 1.62. The Hall–Kier alpha value is -3.61. The van der Waals surface area contributed by atoms with Gasteiger partial charge in [0.2, 0.25) is 5.89 Å². The largest absolute Gasteiger partial charge is 0.487 e. The summed E-state index contributed by atoms with van der Waals surface area (Å²) in [5.74, 6) is 0.285. The number of aliphatic carboxylic acids is 1. The van der Waals surface area contributed by atoms with E-state index in [-0.39, 0.29) is 6.61 Å². The number of aromatic nitrogens is 1. The predicted octanol–water partition coefficient (Wildman–Crippen LogP) is 5.45. The van der Waals surface area contributed by atoms with Gasteiger partial charge >= 0.3 is 5.97 Å². The molecule has 33 heavy (non-hydrogen) atoms. The number of benzene rings is 2. The van der Waals surface area contributed by atoms with Gasteiger partial charge in [0.05, 0.1) is 5.71 Å². The lowest BCUT2D eigenvalue weighted by Gasteiger charge is -2.12. The lowest BCUT2D eigenvalue weighted by Crippen LogP contribution is -2.24. The minimum atomic E-state index is -0.932. The van der Waals surface area contributed by atoms with Gasteiger partial charge in [0.15, 0.2) is 0 Å². The van der Waals surface area contributed by atoms with Gasteiger partial charge in [0.25, 0.3) is 0 Å². The third-order valence-corrected chi connectivity index (χ3v) is 5.38. The average molecular weight is 451 g/mol. The molecular weight excluding hydrogens is 420 g/mol. The van der Waals surface area contributed by atoms with E-state index < -0.39 is 11.9 Å². The summed E-state index contributed by atoms with van der Waals surface area (Å²) in [4.78, 5) is 21.2. The second kappa shape index (κ2) is 11.3. The van der Waals surface area contributed by atoms with Crippen LogP contribution in [0.15, 0.2) is 58.1 Å². The van der Waals surface area contributed by atoms with Crippen molar-refractivity contribution in [3.63, 3.8) is 0 Å². The van der Waals surface area contributed by atoms with Gasteiger partial charge in [-0.2, -0.15) is 0 Å². The maximum atomic E-state index is 11.6. The quantitative estimate of drug-likeness (QED) is 0.308. The first kappa shape index (κ1) is 24.0. The fourth-order valence-corrected chi connectivity index (χ4v) is 3.32. The molecule has 3 aromatic rings. The fourth-order valence-electron chi connectivity index (χ4n) is 3.32. The van der Waals surface area contributed by atoms with Gasteiger partial charge < -0.3 is 19.1 Å². The van der Waals surface area contributed by atoms with Crippen molar-refractivity contribution in [2.24, 2.45) is 11.1 Å². The van der Waals surface area contributed by atoms with Gasteiger partial charge in [-0.25, -0.2) is 4.98 Å². The molecule has 0 amide bonds. The summed E-state index contributed by atoms with van der Waals surface area (Å²) in [5.41, 5.74) is 4.24. The fraction of sp³-hybridized carbons (Fsp3) is 0.346. The Kier molecular flexibility index (Phi) is 8.24. The van der Waals surface area contributed by atoms with Crippen LogP contribution in [0.3, 0.4) is 0 Å². The van der Waals surface area contributed by atoms with Crippen LogP contribution in [0.2, 0.25) is 0 Å². The SMILES string of the molecule is CCO/N=C(\C)C(Cc1ccc(OCc2nc(-c3ccc(CC)cc3)oc2C)cc1)C(=O)O. The maximum absolute atomic E-state index is 11.6. The van der Waals surface area contributed by atoms with E-state index in [1.54, 1.807) is 13.8 Å². The molecule has 3 rings (SSSR count). The minimum absolute atomic E-state index is 0.277. The van der Waals surface area contributed by atoms with Crippen molar-refractivity contribution < 1.29 is 23.9 Å². The number of hydrogen-bond donors (Lipinski definition) is 1. The molecule has 0 spiro atoms. The van der Waals surface area contributed by atoms with Gasteiger partial charge in [0.1, 0.15) is 36.3 Å². The van der Waals surface area contributed by atoms with E-state index in [4.69, 9.17) is 14.0 Å². The summed E-state index contributed by atoms with van der Waals surface area (Å²) in [7, 11) is 0. The summed E-state index contributed by atoms with van der Waals surface area (Å²) >= 11 is 0. The van der Waals surface area contributed by atoms with Crippen LogP contribution < -0.4 is 4.74 Å². The van der Waals surface area contributed by atoms with Gasteiger partial charge in [-0.15, -0.1) is 0 Å². The minimum Gasteiger partial charge on any atom is -0.487 e. The molecule has 7 heteroatoms. The average Bonchev–Trinajstić information content (AvgIpc) is 3.20. The van der Waals surface area contributed by atoms with E-state index in [1.807, 2.05) is 43.3 Å². The molecule has 0 saturated carbocycles. The van der Waals surface area contributed by atoms with Crippen molar-refractivity contribution in [2.75, 3.05) is 6.61 Å². The van der Waals surface area contributed by atoms with E-state index in [9.17, 15) is 9.90 Å².